The van der Waals surface area contributed by atoms with Gasteiger partial charge in [-0.2, -0.15) is 0 Å². The van der Waals surface area contributed by atoms with E-state index in [1.165, 1.54) is 25.3 Å². The molecule has 3 heteroatoms. The van der Waals surface area contributed by atoms with Crippen LogP contribution in [0, 0.1) is 11.7 Å². The van der Waals surface area contributed by atoms with Crippen molar-refractivity contribution in [3.05, 3.63) is 29.6 Å². The van der Waals surface area contributed by atoms with Crippen molar-refractivity contribution in [2.75, 3.05) is 13.2 Å². The van der Waals surface area contributed by atoms with Gasteiger partial charge in [-0.05, 0) is 37.1 Å². The molecule has 0 aliphatic heterocycles. The summed E-state index contributed by atoms with van der Waals surface area (Å²) in [5.74, 6) is 1.19. The maximum Gasteiger partial charge on any atom is 0.123 e. The first-order chi connectivity index (χ1) is 9.63. The first-order valence-electron chi connectivity index (χ1n) is 7.75. The van der Waals surface area contributed by atoms with E-state index in [1.807, 2.05) is 0 Å². The number of hydrogen-bond acceptors (Lipinski definition) is 2. The maximum atomic E-state index is 13.3. The lowest BCUT2D eigenvalue weighted by Gasteiger charge is -2.13. The highest BCUT2D eigenvalue weighted by molar-refractivity contribution is 5.33. The van der Waals surface area contributed by atoms with E-state index in [-0.39, 0.29) is 5.82 Å². The maximum absolute atomic E-state index is 13.3. The Morgan fingerprint density at radius 1 is 1.20 bits per heavy atom. The third kappa shape index (κ3) is 6.90. The second kappa shape index (κ2) is 9.76. The van der Waals surface area contributed by atoms with Crippen LogP contribution in [0.15, 0.2) is 18.2 Å². The third-order valence-electron chi connectivity index (χ3n) is 3.15. The van der Waals surface area contributed by atoms with Crippen LogP contribution in [0.3, 0.4) is 0 Å². The summed E-state index contributed by atoms with van der Waals surface area (Å²) in [5.41, 5.74) is 0.904. The third-order valence-corrected chi connectivity index (χ3v) is 3.15. The van der Waals surface area contributed by atoms with Crippen molar-refractivity contribution in [1.82, 2.24) is 5.32 Å². The summed E-state index contributed by atoms with van der Waals surface area (Å²) in [6.45, 7) is 8.79. The van der Waals surface area contributed by atoms with Crippen LogP contribution in [0.4, 0.5) is 4.39 Å². The summed E-state index contributed by atoms with van der Waals surface area (Å²) in [4.78, 5) is 0. The van der Waals surface area contributed by atoms with Gasteiger partial charge in [0.1, 0.15) is 11.6 Å². The highest BCUT2D eigenvalue weighted by Gasteiger charge is 2.06. The zero-order valence-electron chi connectivity index (χ0n) is 13.0. The molecule has 1 aromatic rings. The van der Waals surface area contributed by atoms with Crippen molar-refractivity contribution in [2.45, 2.75) is 53.0 Å². The van der Waals surface area contributed by atoms with Crippen molar-refractivity contribution in [3.8, 4) is 5.75 Å². The van der Waals surface area contributed by atoms with Crippen LogP contribution >= 0.6 is 0 Å². The van der Waals surface area contributed by atoms with E-state index >= 15 is 0 Å². The fraction of sp³-hybridized carbons (Fsp3) is 0.647. The molecule has 0 bridgehead atoms. The van der Waals surface area contributed by atoms with Crippen molar-refractivity contribution in [2.24, 2.45) is 5.92 Å². The smallest absolute Gasteiger partial charge is 0.123 e. The normalized spacial score (nSPS) is 11.1. The molecule has 0 aliphatic rings. The van der Waals surface area contributed by atoms with Crippen LogP contribution in [0.2, 0.25) is 0 Å². The number of ether oxygens (including phenoxy) is 1. The van der Waals surface area contributed by atoms with Gasteiger partial charge in [0, 0.05) is 12.1 Å². The van der Waals surface area contributed by atoms with E-state index in [0.29, 0.717) is 19.1 Å². The largest absolute Gasteiger partial charge is 0.493 e. The Morgan fingerprint density at radius 3 is 2.70 bits per heavy atom. The van der Waals surface area contributed by atoms with Crippen molar-refractivity contribution < 1.29 is 9.13 Å². The van der Waals surface area contributed by atoms with Gasteiger partial charge in [0.2, 0.25) is 0 Å². The first kappa shape index (κ1) is 17.0. The molecule has 0 unspecified atom stereocenters. The van der Waals surface area contributed by atoms with E-state index in [1.54, 1.807) is 12.1 Å². The summed E-state index contributed by atoms with van der Waals surface area (Å²) in [7, 11) is 0. The SMILES string of the molecule is CCCCCCOc1ccc(F)cc1CNCC(C)C. The average molecular weight is 281 g/mol. The summed E-state index contributed by atoms with van der Waals surface area (Å²) in [6.07, 6.45) is 4.72. The fourth-order valence-corrected chi connectivity index (χ4v) is 2.03. The van der Waals surface area contributed by atoms with Crippen molar-refractivity contribution in [3.63, 3.8) is 0 Å². The Labute approximate surface area is 122 Å². The predicted molar refractivity (Wildman–Crippen MR) is 82.6 cm³/mol. The molecular weight excluding hydrogens is 253 g/mol. The van der Waals surface area contributed by atoms with Gasteiger partial charge in [-0.15, -0.1) is 0 Å². The predicted octanol–water partition coefficient (Wildman–Crippen LogP) is 4.53. The van der Waals surface area contributed by atoms with E-state index in [2.05, 4.69) is 26.1 Å². The summed E-state index contributed by atoms with van der Waals surface area (Å²) in [6, 6.07) is 4.77. The molecule has 1 N–H and O–H groups in total. The number of unbranched alkanes of at least 4 members (excludes halogenated alkanes) is 3. The lowest BCUT2D eigenvalue weighted by atomic mass is 10.1. The molecule has 0 fully saturated rings. The Hall–Kier alpha value is -1.09. The molecule has 1 rings (SSSR count). The van der Waals surface area contributed by atoms with Crippen molar-refractivity contribution >= 4 is 0 Å². The van der Waals surface area contributed by atoms with Crippen LogP contribution in [-0.4, -0.2) is 13.2 Å². The fourth-order valence-electron chi connectivity index (χ4n) is 2.03. The van der Waals surface area contributed by atoms with Crippen LogP contribution < -0.4 is 10.1 Å². The number of rotatable bonds is 10. The molecule has 0 amide bonds. The Kier molecular flexibility index (Phi) is 8.28. The van der Waals surface area contributed by atoms with Crippen LogP contribution in [0.25, 0.3) is 0 Å². The number of halogens is 1. The van der Waals surface area contributed by atoms with Gasteiger partial charge in [-0.25, -0.2) is 4.39 Å². The van der Waals surface area contributed by atoms with E-state index < -0.39 is 0 Å². The average Bonchev–Trinajstić information content (AvgIpc) is 2.40. The zero-order valence-corrected chi connectivity index (χ0v) is 13.0. The van der Waals surface area contributed by atoms with E-state index in [0.717, 1.165) is 24.3 Å². The quantitative estimate of drug-likeness (QED) is 0.636. The standard InChI is InChI=1S/C17H28FNO/c1-4-5-6-7-10-20-17-9-8-16(18)11-15(17)13-19-12-14(2)3/h8-9,11,14,19H,4-7,10,12-13H2,1-3H3. The van der Waals surface area contributed by atoms with Crippen LogP contribution in [-0.2, 0) is 6.54 Å². The van der Waals surface area contributed by atoms with Gasteiger partial charge >= 0.3 is 0 Å². The molecule has 114 valence electrons. The first-order valence-corrected chi connectivity index (χ1v) is 7.75. The lowest BCUT2D eigenvalue weighted by molar-refractivity contribution is 0.300. The molecular formula is C17H28FNO. The second-order valence-electron chi connectivity index (χ2n) is 5.69. The Balaban J connectivity index is 2.47. The number of nitrogens with one attached hydrogen (secondary N) is 1. The van der Waals surface area contributed by atoms with E-state index in [4.69, 9.17) is 4.74 Å². The summed E-state index contributed by atoms with van der Waals surface area (Å²) in [5, 5.41) is 3.33. The van der Waals surface area contributed by atoms with Crippen LogP contribution in [0.5, 0.6) is 5.75 Å². The topological polar surface area (TPSA) is 21.3 Å². The molecule has 20 heavy (non-hydrogen) atoms. The molecule has 0 heterocycles. The highest BCUT2D eigenvalue weighted by Crippen LogP contribution is 2.20. The lowest BCUT2D eigenvalue weighted by Crippen LogP contribution is -2.19. The van der Waals surface area contributed by atoms with Gasteiger partial charge in [0.25, 0.3) is 0 Å². The highest BCUT2D eigenvalue weighted by atomic mass is 19.1. The Morgan fingerprint density at radius 2 is 2.00 bits per heavy atom. The van der Waals surface area contributed by atoms with Gasteiger partial charge in [-0.3, -0.25) is 0 Å². The minimum Gasteiger partial charge on any atom is -0.493 e. The monoisotopic (exact) mass is 281 g/mol. The second-order valence-corrected chi connectivity index (χ2v) is 5.69. The van der Waals surface area contributed by atoms with Gasteiger partial charge in [0.05, 0.1) is 6.61 Å². The zero-order chi connectivity index (χ0) is 14.8. The van der Waals surface area contributed by atoms with Crippen molar-refractivity contribution in [1.29, 1.82) is 0 Å². The molecule has 0 spiro atoms. The summed E-state index contributed by atoms with van der Waals surface area (Å²) < 4.78 is 19.1. The molecule has 0 aromatic heterocycles. The van der Waals surface area contributed by atoms with Gasteiger partial charge in [-0.1, -0.05) is 40.0 Å². The van der Waals surface area contributed by atoms with Crippen LogP contribution in [0.1, 0.15) is 52.0 Å². The number of hydrogen-bond donors (Lipinski definition) is 1. The summed E-state index contributed by atoms with van der Waals surface area (Å²) >= 11 is 0. The minimum atomic E-state index is -0.204. The molecule has 0 radical (unpaired) electrons. The number of benzene rings is 1. The molecule has 1 aromatic carbocycles. The molecule has 2 nitrogen and oxygen atoms in total. The molecule has 0 saturated carbocycles. The van der Waals surface area contributed by atoms with E-state index in [9.17, 15) is 4.39 Å². The molecule has 0 saturated heterocycles. The minimum absolute atomic E-state index is 0.204. The molecule has 0 aliphatic carbocycles. The van der Waals surface area contributed by atoms with Gasteiger partial charge < -0.3 is 10.1 Å². The Bertz CT molecular complexity index is 379. The van der Waals surface area contributed by atoms with Gasteiger partial charge in [0.15, 0.2) is 0 Å². The molecule has 0 atom stereocenters.